The molecule has 1 aliphatic heterocycles. The van der Waals surface area contributed by atoms with Crippen molar-refractivity contribution in [3.8, 4) is 0 Å². The lowest BCUT2D eigenvalue weighted by atomic mass is 10.1. The summed E-state index contributed by atoms with van der Waals surface area (Å²) in [5, 5.41) is 16.3. The molecule has 14 heavy (non-hydrogen) atoms. The fraction of sp³-hybridized carbons (Fsp3) is 0.500. The van der Waals surface area contributed by atoms with E-state index in [2.05, 4.69) is 0 Å². The highest BCUT2D eigenvalue weighted by atomic mass is 16.2. The molecule has 0 aromatic rings. The summed E-state index contributed by atoms with van der Waals surface area (Å²) in [7, 11) is 0. The van der Waals surface area contributed by atoms with Crippen LogP contribution in [0.25, 0.3) is 0 Å². The second-order valence-electron chi connectivity index (χ2n) is 3.40. The van der Waals surface area contributed by atoms with Crippen LogP contribution in [-0.4, -0.2) is 28.9 Å². The second kappa shape index (κ2) is 5.32. The molecular formula is C10H17N3O. The molecule has 0 atom stereocenters. The van der Waals surface area contributed by atoms with Crippen LogP contribution < -0.4 is 5.73 Å². The Morgan fingerprint density at radius 3 is 2.43 bits per heavy atom. The number of nitrogens with zero attached hydrogens (tertiary/aromatic N) is 1. The fourth-order valence-electron chi connectivity index (χ4n) is 1.46. The number of allylic oxidation sites excluding steroid dienone is 1. The van der Waals surface area contributed by atoms with Crippen LogP contribution in [-0.2, 0) is 0 Å². The summed E-state index contributed by atoms with van der Waals surface area (Å²) in [6.45, 7) is 1.90. The maximum absolute atomic E-state index is 8.54. The zero-order valence-corrected chi connectivity index (χ0v) is 8.24. The van der Waals surface area contributed by atoms with Crippen LogP contribution in [0.5, 0.6) is 0 Å². The summed E-state index contributed by atoms with van der Waals surface area (Å²) in [6.07, 6.45) is 7.56. The predicted molar refractivity (Wildman–Crippen MR) is 57.2 cm³/mol. The summed E-state index contributed by atoms with van der Waals surface area (Å²) >= 11 is 0. The molecule has 0 aromatic heterocycles. The van der Waals surface area contributed by atoms with E-state index in [9.17, 15) is 0 Å². The van der Waals surface area contributed by atoms with E-state index >= 15 is 0 Å². The van der Waals surface area contributed by atoms with Crippen LogP contribution in [0, 0.1) is 5.41 Å². The first-order chi connectivity index (χ1) is 6.74. The molecule has 0 radical (unpaired) electrons. The first-order valence-electron chi connectivity index (χ1n) is 4.85. The van der Waals surface area contributed by atoms with Crippen molar-refractivity contribution in [3.63, 3.8) is 0 Å². The van der Waals surface area contributed by atoms with Crippen molar-refractivity contribution in [3.05, 3.63) is 24.1 Å². The van der Waals surface area contributed by atoms with Crippen molar-refractivity contribution in [2.24, 2.45) is 5.73 Å². The van der Waals surface area contributed by atoms with E-state index in [1.807, 2.05) is 4.90 Å². The van der Waals surface area contributed by atoms with Crippen molar-refractivity contribution < 1.29 is 5.11 Å². The molecule has 0 saturated carbocycles. The zero-order valence-electron chi connectivity index (χ0n) is 8.24. The number of aliphatic hydroxyl groups is 1. The van der Waals surface area contributed by atoms with Crippen LogP contribution in [0.15, 0.2) is 24.1 Å². The third-order valence-corrected chi connectivity index (χ3v) is 2.28. The molecule has 0 spiro atoms. The number of likely N-dealkylation sites (tertiary alicyclic amines) is 1. The first kappa shape index (κ1) is 10.6. The van der Waals surface area contributed by atoms with Crippen LogP contribution in [0.4, 0.5) is 0 Å². The number of piperidine rings is 1. The Morgan fingerprint density at radius 2 is 1.86 bits per heavy atom. The van der Waals surface area contributed by atoms with Gasteiger partial charge in [-0.3, -0.25) is 5.41 Å². The van der Waals surface area contributed by atoms with E-state index in [0.29, 0.717) is 5.84 Å². The van der Waals surface area contributed by atoms with Gasteiger partial charge in [0.1, 0.15) is 12.1 Å². The van der Waals surface area contributed by atoms with Gasteiger partial charge in [-0.1, -0.05) is 0 Å². The molecule has 4 nitrogen and oxygen atoms in total. The van der Waals surface area contributed by atoms with Gasteiger partial charge in [-0.25, -0.2) is 0 Å². The number of hydrogen-bond donors (Lipinski definition) is 3. The predicted octanol–water partition coefficient (Wildman–Crippen LogP) is 1.36. The lowest BCUT2D eigenvalue weighted by Gasteiger charge is -2.27. The molecule has 0 aromatic carbocycles. The summed E-state index contributed by atoms with van der Waals surface area (Å²) in [4.78, 5) is 2.02. The standard InChI is InChI=1S/C10H17N3O/c11-9(8-14)4-5-10(12)13-6-2-1-3-7-13/h4-5,8,12,14H,1-3,6-7,11H2/b5-4-,9-8+,12-10?. The summed E-state index contributed by atoms with van der Waals surface area (Å²) in [5.74, 6) is 0.467. The Hall–Kier alpha value is -1.45. The Balaban J connectivity index is 2.44. The van der Waals surface area contributed by atoms with Gasteiger partial charge >= 0.3 is 0 Å². The molecule has 1 saturated heterocycles. The van der Waals surface area contributed by atoms with Gasteiger partial charge in [0.05, 0.1) is 5.70 Å². The highest BCUT2D eigenvalue weighted by Gasteiger charge is 2.10. The van der Waals surface area contributed by atoms with Gasteiger partial charge < -0.3 is 15.7 Å². The number of nitrogens with two attached hydrogens (primary N) is 1. The lowest BCUT2D eigenvalue weighted by Crippen LogP contribution is -2.33. The monoisotopic (exact) mass is 195 g/mol. The quantitative estimate of drug-likeness (QED) is 0.269. The normalized spacial score (nSPS) is 18.9. The number of rotatable bonds is 2. The van der Waals surface area contributed by atoms with Gasteiger partial charge in [-0.05, 0) is 31.4 Å². The molecule has 0 amide bonds. The number of aliphatic hydroxyl groups excluding tert-OH is 1. The largest absolute Gasteiger partial charge is 0.513 e. The van der Waals surface area contributed by atoms with Crippen LogP contribution in [0.3, 0.4) is 0 Å². The number of nitrogens with one attached hydrogen (secondary N) is 1. The van der Waals surface area contributed by atoms with Crippen molar-refractivity contribution in [2.75, 3.05) is 13.1 Å². The van der Waals surface area contributed by atoms with Crippen LogP contribution in [0.1, 0.15) is 19.3 Å². The smallest absolute Gasteiger partial charge is 0.120 e. The number of amidine groups is 1. The van der Waals surface area contributed by atoms with Crippen LogP contribution in [0.2, 0.25) is 0 Å². The Labute approximate surface area is 84.2 Å². The molecular weight excluding hydrogens is 178 g/mol. The molecule has 0 aliphatic carbocycles. The summed E-state index contributed by atoms with van der Waals surface area (Å²) in [6, 6.07) is 0. The molecule has 4 N–H and O–H groups in total. The third kappa shape index (κ3) is 3.12. The van der Waals surface area contributed by atoms with Gasteiger partial charge in [0.15, 0.2) is 0 Å². The van der Waals surface area contributed by atoms with Crippen LogP contribution >= 0.6 is 0 Å². The lowest BCUT2D eigenvalue weighted by molar-refractivity contribution is 0.342. The minimum atomic E-state index is 0.270. The molecule has 1 rings (SSSR count). The van der Waals surface area contributed by atoms with Crippen molar-refractivity contribution in [1.82, 2.24) is 4.90 Å². The summed E-state index contributed by atoms with van der Waals surface area (Å²) < 4.78 is 0. The SMILES string of the molecule is N=C(/C=C\C(N)=C/O)N1CCCCC1. The van der Waals surface area contributed by atoms with Crippen molar-refractivity contribution in [1.29, 1.82) is 5.41 Å². The maximum Gasteiger partial charge on any atom is 0.120 e. The number of hydrogen-bond acceptors (Lipinski definition) is 3. The van der Waals surface area contributed by atoms with E-state index in [1.165, 1.54) is 12.5 Å². The zero-order chi connectivity index (χ0) is 10.4. The molecule has 0 unspecified atom stereocenters. The van der Waals surface area contributed by atoms with E-state index in [1.54, 1.807) is 6.08 Å². The highest BCUT2D eigenvalue weighted by Crippen LogP contribution is 2.09. The van der Waals surface area contributed by atoms with Gasteiger partial charge in [-0.15, -0.1) is 0 Å². The average Bonchev–Trinajstić information content (AvgIpc) is 2.26. The molecule has 1 heterocycles. The molecule has 1 fully saturated rings. The van der Waals surface area contributed by atoms with Gasteiger partial charge in [0, 0.05) is 13.1 Å². The maximum atomic E-state index is 8.54. The Bertz CT molecular complexity index is 252. The van der Waals surface area contributed by atoms with E-state index in [4.69, 9.17) is 16.2 Å². The first-order valence-corrected chi connectivity index (χ1v) is 4.85. The van der Waals surface area contributed by atoms with E-state index in [0.717, 1.165) is 32.2 Å². The second-order valence-corrected chi connectivity index (χ2v) is 3.40. The van der Waals surface area contributed by atoms with Crippen molar-refractivity contribution >= 4 is 5.84 Å². The molecule has 4 heteroatoms. The molecule has 0 bridgehead atoms. The minimum Gasteiger partial charge on any atom is -0.513 e. The van der Waals surface area contributed by atoms with E-state index < -0.39 is 0 Å². The summed E-state index contributed by atoms with van der Waals surface area (Å²) in [5.41, 5.74) is 5.63. The molecule has 78 valence electrons. The van der Waals surface area contributed by atoms with E-state index in [-0.39, 0.29) is 5.70 Å². The minimum absolute atomic E-state index is 0.270. The highest BCUT2D eigenvalue weighted by molar-refractivity contribution is 5.90. The Morgan fingerprint density at radius 1 is 1.21 bits per heavy atom. The van der Waals surface area contributed by atoms with Gasteiger partial charge in [0.2, 0.25) is 0 Å². The Kier molecular flexibility index (Phi) is 4.04. The third-order valence-electron chi connectivity index (χ3n) is 2.28. The van der Waals surface area contributed by atoms with Gasteiger partial charge in [-0.2, -0.15) is 0 Å². The fourth-order valence-corrected chi connectivity index (χ4v) is 1.46. The average molecular weight is 195 g/mol. The van der Waals surface area contributed by atoms with Gasteiger partial charge in [0.25, 0.3) is 0 Å². The topological polar surface area (TPSA) is 73.3 Å². The molecule has 1 aliphatic rings. The van der Waals surface area contributed by atoms with Crippen molar-refractivity contribution in [2.45, 2.75) is 19.3 Å².